The van der Waals surface area contributed by atoms with Crippen LogP contribution < -0.4 is 4.90 Å². The first-order valence-corrected chi connectivity index (χ1v) is 10.0. The number of carbonyl (C=O) groups excluding carboxylic acids is 4. The van der Waals surface area contributed by atoms with E-state index in [1.165, 1.54) is 48.6 Å². The van der Waals surface area contributed by atoms with Crippen LogP contribution in [-0.2, 0) is 19.1 Å². The monoisotopic (exact) mass is 426 g/mol. The van der Waals surface area contributed by atoms with Gasteiger partial charge in [0.25, 0.3) is 11.8 Å². The predicted octanol–water partition coefficient (Wildman–Crippen LogP) is 2.02. The van der Waals surface area contributed by atoms with Crippen molar-refractivity contribution in [3.63, 3.8) is 0 Å². The van der Waals surface area contributed by atoms with E-state index in [2.05, 4.69) is 4.74 Å². The topological polar surface area (TPSA) is 106 Å². The number of nitrogens with zero attached hydrogens (tertiary/aromatic N) is 2. The smallest absolute Gasteiger partial charge is 0.337 e. The highest BCUT2D eigenvalue weighted by atomic mass is 16.5. The summed E-state index contributed by atoms with van der Waals surface area (Å²) in [5.74, 6) is -1.82. The summed E-state index contributed by atoms with van der Waals surface area (Å²) >= 11 is 0. The second-order valence-electron chi connectivity index (χ2n) is 7.40. The van der Waals surface area contributed by atoms with Gasteiger partial charge in [-0.3, -0.25) is 14.4 Å². The quantitative estimate of drug-likeness (QED) is 0.514. The van der Waals surface area contributed by atoms with Crippen LogP contribution in [0.1, 0.15) is 40.2 Å². The van der Waals surface area contributed by atoms with Gasteiger partial charge in [0.2, 0.25) is 5.91 Å². The summed E-state index contributed by atoms with van der Waals surface area (Å²) in [4.78, 5) is 53.1. The highest BCUT2D eigenvalue weighted by Gasteiger charge is 2.45. The van der Waals surface area contributed by atoms with Crippen molar-refractivity contribution in [2.24, 2.45) is 0 Å². The molecule has 2 fully saturated rings. The molecule has 2 atom stereocenters. The van der Waals surface area contributed by atoms with Gasteiger partial charge in [0.05, 0.1) is 37.1 Å². The number of hydrogen-bond acceptors (Lipinski definition) is 7. The highest BCUT2D eigenvalue weighted by Crippen LogP contribution is 2.28. The van der Waals surface area contributed by atoms with E-state index in [0.717, 1.165) is 17.7 Å². The fourth-order valence-electron chi connectivity index (χ4n) is 3.90. The van der Waals surface area contributed by atoms with Crippen LogP contribution in [0.3, 0.4) is 0 Å². The van der Waals surface area contributed by atoms with Crippen molar-refractivity contribution in [3.8, 4) is 0 Å². The van der Waals surface area contributed by atoms with Crippen molar-refractivity contribution in [3.05, 3.63) is 54.0 Å². The third-order valence-corrected chi connectivity index (χ3v) is 5.46. The van der Waals surface area contributed by atoms with Gasteiger partial charge in [0, 0.05) is 13.2 Å². The Morgan fingerprint density at radius 1 is 1.19 bits per heavy atom. The minimum absolute atomic E-state index is 0.0964. The van der Waals surface area contributed by atoms with Gasteiger partial charge in [0.15, 0.2) is 5.76 Å². The minimum atomic E-state index is -0.963. The molecule has 2 aliphatic rings. The van der Waals surface area contributed by atoms with Gasteiger partial charge in [-0.05, 0) is 49.2 Å². The molecule has 0 spiro atoms. The standard InChI is InChI=1S/C22H22N2O7/c1-29-22(28)14-6-8-15(9-7-14)24-19(25)12-17(20(24)26)23(13-16-4-2-10-30-16)21(27)18-5-3-11-31-18/h3,5-9,11,16-17H,2,4,10,12-13H2,1H3. The molecule has 31 heavy (non-hydrogen) atoms. The van der Waals surface area contributed by atoms with E-state index in [-0.39, 0.29) is 24.8 Å². The van der Waals surface area contributed by atoms with E-state index in [1.54, 1.807) is 6.07 Å². The minimum Gasteiger partial charge on any atom is -0.465 e. The Labute approximate surface area is 178 Å². The molecule has 2 saturated heterocycles. The molecule has 4 rings (SSSR count). The van der Waals surface area contributed by atoms with Crippen LogP contribution in [0.2, 0.25) is 0 Å². The molecule has 0 radical (unpaired) electrons. The summed E-state index contributed by atoms with van der Waals surface area (Å²) in [6.07, 6.45) is 2.69. The first-order chi connectivity index (χ1) is 15.0. The molecular weight excluding hydrogens is 404 g/mol. The van der Waals surface area contributed by atoms with Gasteiger partial charge >= 0.3 is 5.97 Å². The van der Waals surface area contributed by atoms with Crippen LogP contribution in [0.5, 0.6) is 0 Å². The van der Waals surface area contributed by atoms with Crippen molar-refractivity contribution in [1.82, 2.24) is 4.90 Å². The average molecular weight is 426 g/mol. The second kappa shape index (κ2) is 8.73. The molecule has 3 heterocycles. The van der Waals surface area contributed by atoms with Crippen LogP contribution >= 0.6 is 0 Å². The van der Waals surface area contributed by atoms with E-state index in [9.17, 15) is 19.2 Å². The second-order valence-corrected chi connectivity index (χ2v) is 7.40. The van der Waals surface area contributed by atoms with Crippen molar-refractivity contribution >= 4 is 29.4 Å². The summed E-state index contributed by atoms with van der Waals surface area (Å²) in [5, 5.41) is 0. The Bertz CT molecular complexity index is 978. The predicted molar refractivity (Wildman–Crippen MR) is 107 cm³/mol. The lowest BCUT2D eigenvalue weighted by atomic mass is 10.1. The average Bonchev–Trinajstić information content (AvgIpc) is 3.54. The van der Waals surface area contributed by atoms with Crippen LogP contribution in [0.4, 0.5) is 5.69 Å². The van der Waals surface area contributed by atoms with Gasteiger partial charge in [-0.2, -0.15) is 0 Å². The lowest BCUT2D eigenvalue weighted by molar-refractivity contribution is -0.122. The van der Waals surface area contributed by atoms with Crippen molar-refractivity contribution in [1.29, 1.82) is 0 Å². The number of imide groups is 1. The molecule has 0 N–H and O–H groups in total. The number of methoxy groups -OCH3 is 1. The fraction of sp³-hybridized carbons (Fsp3) is 0.364. The molecule has 1 aromatic heterocycles. The van der Waals surface area contributed by atoms with Crippen molar-refractivity contribution in [2.75, 3.05) is 25.2 Å². The molecular formula is C22H22N2O7. The Morgan fingerprint density at radius 3 is 2.58 bits per heavy atom. The van der Waals surface area contributed by atoms with Crippen molar-refractivity contribution in [2.45, 2.75) is 31.4 Å². The largest absolute Gasteiger partial charge is 0.465 e. The number of hydrogen-bond donors (Lipinski definition) is 0. The molecule has 2 aromatic rings. The van der Waals surface area contributed by atoms with E-state index in [4.69, 9.17) is 9.15 Å². The molecule has 2 unspecified atom stereocenters. The Balaban J connectivity index is 1.59. The summed E-state index contributed by atoms with van der Waals surface area (Å²) in [6.45, 7) is 0.794. The normalized spacial score (nSPS) is 20.9. The highest BCUT2D eigenvalue weighted by molar-refractivity contribution is 6.23. The molecule has 1 aromatic carbocycles. The maximum atomic E-state index is 13.2. The van der Waals surface area contributed by atoms with Gasteiger partial charge in [-0.15, -0.1) is 0 Å². The molecule has 0 aliphatic carbocycles. The van der Waals surface area contributed by atoms with Gasteiger partial charge in [-0.1, -0.05) is 0 Å². The molecule has 162 valence electrons. The zero-order valence-electron chi connectivity index (χ0n) is 17.0. The number of benzene rings is 1. The first kappa shape index (κ1) is 20.8. The number of esters is 1. The molecule has 9 nitrogen and oxygen atoms in total. The van der Waals surface area contributed by atoms with Gasteiger partial charge < -0.3 is 18.8 Å². The molecule has 2 aliphatic heterocycles. The number of anilines is 1. The van der Waals surface area contributed by atoms with Crippen LogP contribution in [-0.4, -0.2) is 61.0 Å². The number of amides is 3. The Hall–Kier alpha value is -3.46. The zero-order valence-corrected chi connectivity index (χ0v) is 17.0. The van der Waals surface area contributed by atoms with E-state index in [1.807, 2.05) is 0 Å². The Kier molecular flexibility index (Phi) is 5.85. The number of furan rings is 1. The lowest BCUT2D eigenvalue weighted by Gasteiger charge is -2.29. The third-order valence-electron chi connectivity index (χ3n) is 5.46. The zero-order chi connectivity index (χ0) is 22.0. The summed E-state index contributed by atoms with van der Waals surface area (Å²) < 4.78 is 15.6. The third kappa shape index (κ3) is 4.09. The first-order valence-electron chi connectivity index (χ1n) is 10.0. The SMILES string of the molecule is COC(=O)c1ccc(N2C(=O)CC(N(CC3CCCO3)C(=O)c3ccco3)C2=O)cc1. The fourth-order valence-corrected chi connectivity index (χ4v) is 3.90. The maximum absolute atomic E-state index is 13.2. The molecule has 0 bridgehead atoms. The lowest BCUT2D eigenvalue weighted by Crippen LogP contribution is -2.48. The summed E-state index contributed by atoms with van der Waals surface area (Å²) in [6, 6.07) is 8.12. The van der Waals surface area contributed by atoms with E-state index in [0.29, 0.717) is 17.9 Å². The summed E-state index contributed by atoms with van der Waals surface area (Å²) in [5.41, 5.74) is 0.627. The summed E-state index contributed by atoms with van der Waals surface area (Å²) in [7, 11) is 1.27. The maximum Gasteiger partial charge on any atom is 0.337 e. The molecule has 0 saturated carbocycles. The molecule has 3 amide bonds. The number of carbonyl (C=O) groups is 4. The Morgan fingerprint density at radius 2 is 1.97 bits per heavy atom. The molecule has 9 heteroatoms. The van der Waals surface area contributed by atoms with Gasteiger partial charge in [0.1, 0.15) is 6.04 Å². The number of ether oxygens (including phenoxy) is 2. The van der Waals surface area contributed by atoms with Crippen molar-refractivity contribution < 1.29 is 33.1 Å². The number of rotatable bonds is 6. The van der Waals surface area contributed by atoms with E-state index < -0.39 is 29.7 Å². The van der Waals surface area contributed by atoms with Crippen LogP contribution in [0.15, 0.2) is 47.1 Å². The van der Waals surface area contributed by atoms with E-state index >= 15 is 0 Å². The van der Waals surface area contributed by atoms with Gasteiger partial charge in [-0.25, -0.2) is 9.69 Å². The van der Waals surface area contributed by atoms with Crippen LogP contribution in [0, 0.1) is 0 Å². The van der Waals surface area contributed by atoms with Crippen LogP contribution in [0.25, 0.3) is 0 Å².